The normalized spacial score (nSPS) is 15.8. The summed E-state index contributed by atoms with van der Waals surface area (Å²) in [7, 11) is 2.08. The second kappa shape index (κ2) is 8.20. The van der Waals surface area contributed by atoms with Crippen LogP contribution in [-0.2, 0) is 17.8 Å². The van der Waals surface area contributed by atoms with Gasteiger partial charge in [-0.3, -0.25) is 9.36 Å². The summed E-state index contributed by atoms with van der Waals surface area (Å²) in [5.74, 6) is 0.470. The van der Waals surface area contributed by atoms with Gasteiger partial charge < -0.3 is 18.7 Å². The Balaban J connectivity index is 1.54. The van der Waals surface area contributed by atoms with E-state index in [1.165, 1.54) is 4.57 Å². The number of hydrogen-bond donors (Lipinski definition) is 0. The van der Waals surface area contributed by atoms with Crippen LogP contribution in [0.1, 0.15) is 24.6 Å². The van der Waals surface area contributed by atoms with Gasteiger partial charge in [0.2, 0.25) is 11.8 Å². The van der Waals surface area contributed by atoms with Crippen LogP contribution in [0.25, 0.3) is 11.1 Å². The molecule has 1 aromatic carbocycles. The molecule has 154 valence electrons. The second-order valence-corrected chi connectivity index (χ2v) is 7.52. The van der Waals surface area contributed by atoms with E-state index in [0.717, 1.165) is 25.9 Å². The molecule has 9 heteroatoms. The highest BCUT2D eigenvalue weighted by Gasteiger charge is 2.28. The molecule has 9 nitrogen and oxygen atoms in total. The van der Waals surface area contributed by atoms with Crippen molar-refractivity contribution in [3.8, 4) is 0 Å². The number of aryl methyl sites for hydroxylation is 1. The van der Waals surface area contributed by atoms with Crippen LogP contribution in [0.5, 0.6) is 0 Å². The molecule has 0 unspecified atom stereocenters. The summed E-state index contributed by atoms with van der Waals surface area (Å²) in [6.07, 6.45) is 2.31. The summed E-state index contributed by atoms with van der Waals surface area (Å²) in [6, 6.07) is 7.27. The number of nitrogens with zero attached hydrogens (tertiary/aromatic N) is 5. The smallest absolute Gasteiger partial charge is 0.408 e. The molecule has 1 fully saturated rings. The molecule has 4 rings (SSSR count). The van der Waals surface area contributed by atoms with Crippen molar-refractivity contribution in [1.29, 1.82) is 0 Å². The maximum Gasteiger partial charge on any atom is 0.420 e. The van der Waals surface area contributed by atoms with E-state index in [-0.39, 0.29) is 18.5 Å². The van der Waals surface area contributed by atoms with Crippen molar-refractivity contribution in [3.05, 3.63) is 46.5 Å². The first-order chi connectivity index (χ1) is 14.0. The fourth-order valence-electron chi connectivity index (χ4n) is 3.87. The summed E-state index contributed by atoms with van der Waals surface area (Å²) in [6.45, 7) is 4.05. The average Bonchev–Trinajstić information content (AvgIpc) is 3.26. The Bertz CT molecular complexity index is 1040. The maximum absolute atomic E-state index is 13.3. The number of hydrogen-bond acceptors (Lipinski definition) is 7. The standard InChI is InChI=1S/C20H25N5O4/c1-14-21-18(22-29-14)9-12-24(15-7-10-23(2)11-8-15)19(26)13-25-16-5-3-4-6-17(16)28-20(25)27/h3-6,15H,7-13H2,1-2H3. The molecule has 1 aliphatic heterocycles. The van der Waals surface area contributed by atoms with Gasteiger partial charge in [-0.15, -0.1) is 0 Å². The van der Waals surface area contributed by atoms with Crippen LogP contribution in [0, 0.1) is 6.92 Å². The number of fused-ring (bicyclic) bond motifs is 1. The van der Waals surface area contributed by atoms with Gasteiger partial charge >= 0.3 is 5.76 Å². The van der Waals surface area contributed by atoms with Gasteiger partial charge in [-0.2, -0.15) is 4.98 Å². The van der Waals surface area contributed by atoms with Crippen molar-refractivity contribution >= 4 is 17.0 Å². The summed E-state index contributed by atoms with van der Waals surface area (Å²) >= 11 is 0. The number of benzene rings is 1. The molecule has 29 heavy (non-hydrogen) atoms. The number of carbonyl (C=O) groups excluding carboxylic acids is 1. The largest absolute Gasteiger partial charge is 0.420 e. The first-order valence-electron chi connectivity index (χ1n) is 9.87. The molecular weight excluding hydrogens is 374 g/mol. The fourth-order valence-corrected chi connectivity index (χ4v) is 3.87. The Kier molecular flexibility index (Phi) is 5.48. The van der Waals surface area contributed by atoms with Crippen molar-refractivity contribution < 1.29 is 13.7 Å². The number of aromatic nitrogens is 3. The van der Waals surface area contributed by atoms with Crippen LogP contribution < -0.4 is 5.76 Å². The molecule has 0 bridgehead atoms. The number of para-hydroxylation sites is 2. The third kappa shape index (κ3) is 4.24. The molecule has 0 spiro atoms. The Morgan fingerprint density at radius 2 is 2.03 bits per heavy atom. The van der Waals surface area contributed by atoms with Crippen LogP contribution in [-0.4, -0.2) is 63.1 Å². The quantitative estimate of drug-likeness (QED) is 0.619. The molecule has 0 aliphatic carbocycles. The van der Waals surface area contributed by atoms with E-state index in [4.69, 9.17) is 8.94 Å². The third-order valence-electron chi connectivity index (χ3n) is 5.46. The highest BCUT2D eigenvalue weighted by molar-refractivity contribution is 5.79. The Morgan fingerprint density at radius 1 is 1.28 bits per heavy atom. The van der Waals surface area contributed by atoms with E-state index >= 15 is 0 Å². The van der Waals surface area contributed by atoms with Gasteiger partial charge in [-0.1, -0.05) is 17.3 Å². The van der Waals surface area contributed by atoms with E-state index in [2.05, 4.69) is 22.1 Å². The predicted molar refractivity (Wildman–Crippen MR) is 105 cm³/mol. The molecule has 0 atom stereocenters. The van der Waals surface area contributed by atoms with E-state index in [0.29, 0.717) is 35.8 Å². The zero-order valence-electron chi connectivity index (χ0n) is 16.7. The van der Waals surface area contributed by atoms with E-state index in [1.54, 1.807) is 25.1 Å². The van der Waals surface area contributed by atoms with Gasteiger partial charge in [-0.05, 0) is 45.1 Å². The molecule has 2 aromatic heterocycles. The van der Waals surface area contributed by atoms with Crippen molar-refractivity contribution in [3.63, 3.8) is 0 Å². The molecule has 1 aliphatic rings. The number of amides is 1. The predicted octanol–water partition coefficient (Wildman–Crippen LogP) is 1.45. The third-order valence-corrected chi connectivity index (χ3v) is 5.46. The maximum atomic E-state index is 13.3. The topological polar surface area (TPSA) is 97.6 Å². The van der Waals surface area contributed by atoms with Crippen LogP contribution in [0.3, 0.4) is 0 Å². The summed E-state index contributed by atoms with van der Waals surface area (Å²) in [5.41, 5.74) is 1.11. The van der Waals surface area contributed by atoms with Crippen LogP contribution >= 0.6 is 0 Å². The first-order valence-corrected chi connectivity index (χ1v) is 9.87. The SMILES string of the molecule is Cc1nc(CCN(C(=O)Cn2c(=O)oc3ccccc32)C2CCN(C)CC2)no1. The van der Waals surface area contributed by atoms with Crippen molar-refractivity contribution in [2.45, 2.75) is 38.8 Å². The lowest BCUT2D eigenvalue weighted by Gasteiger charge is -2.37. The number of rotatable bonds is 6. The fraction of sp³-hybridized carbons (Fsp3) is 0.500. The van der Waals surface area contributed by atoms with Gasteiger partial charge in [0, 0.05) is 25.9 Å². The zero-order chi connectivity index (χ0) is 20.4. The van der Waals surface area contributed by atoms with Gasteiger partial charge in [0.25, 0.3) is 0 Å². The molecule has 1 saturated heterocycles. The Morgan fingerprint density at radius 3 is 2.76 bits per heavy atom. The number of carbonyl (C=O) groups is 1. The Hall–Kier alpha value is -2.94. The van der Waals surface area contributed by atoms with Crippen LogP contribution in [0.4, 0.5) is 0 Å². The first kappa shape index (κ1) is 19.4. The average molecular weight is 399 g/mol. The number of oxazole rings is 1. The lowest BCUT2D eigenvalue weighted by Crippen LogP contribution is -2.48. The van der Waals surface area contributed by atoms with Gasteiger partial charge in [-0.25, -0.2) is 4.79 Å². The minimum absolute atomic E-state index is 0.0482. The summed E-state index contributed by atoms with van der Waals surface area (Å²) in [5, 5.41) is 3.93. The Labute approximate surface area is 167 Å². The van der Waals surface area contributed by atoms with Crippen molar-refractivity contribution in [2.24, 2.45) is 0 Å². The highest BCUT2D eigenvalue weighted by atomic mass is 16.5. The molecule has 0 N–H and O–H groups in total. The molecule has 3 heterocycles. The lowest BCUT2D eigenvalue weighted by atomic mass is 10.0. The van der Waals surface area contributed by atoms with E-state index in [1.807, 2.05) is 11.0 Å². The minimum Gasteiger partial charge on any atom is -0.408 e. The number of piperidine rings is 1. The van der Waals surface area contributed by atoms with E-state index < -0.39 is 5.76 Å². The lowest BCUT2D eigenvalue weighted by molar-refractivity contribution is -0.135. The van der Waals surface area contributed by atoms with Crippen molar-refractivity contribution in [2.75, 3.05) is 26.7 Å². The molecule has 0 radical (unpaired) electrons. The molecule has 1 amide bonds. The van der Waals surface area contributed by atoms with Crippen molar-refractivity contribution in [1.82, 2.24) is 24.5 Å². The highest BCUT2D eigenvalue weighted by Crippen LogP contribution is 2.18. The molecule has 0 saturated carbocycles. The van der Waals surface area contributed by atoms with Gasteiger partial charge in [0.15, 0.2) is 11.4 Å². The monoisotopic (exact) mass is 399 g/mol. The van der Waals surface area contributed by atoms with E-state index in [9.17, 15) is 9.59 Å². The van der Waals surface area contributed by atoms with Crippen LogP contribution in [0.15, 0.2) is 38.0 Å². The van der Waals surface area contributed by atoms with Gasteiger partial charge in [0.05, 0.1) is 5.52 Å². The number of likely N-dealkylation sites (tertiary alicyclic amines) is 1. The zero-order valence-corrected chi connectivity index (χ0v) is 16.7. The minimum atomic E-state index is -0.517. The molecular formula is C20H25N5O4. The second-order valence-electron chi connectivity index (χ2n) is 7.52. The summed E-state index contributed by atoms with van der Waals surface area (Å²) in [4.78, 5) is 33.9. The molecule has 3 aromatic rings. The summed E-state index contributed by atoms with van der Waals surface area (Å²) < 4.78 is 11.7. The van der Waals surface area contributed by atoms with Crippen LogP contribution in [0.2, 0.25) is 0 Å². The van der Waals surface area contributed by atoms with Gasteiger partial charge in [0.1, 0.15) is 6.54 Å².